The van der Waals surface area contributed by atoms with Gasteiger partial charge in [-0.1, -0.05) is 103 Å². The average Bonchev–Trinajstić information content (AvgIpc) is 3.12. The minimum absolute atomic E-state index is 0.334. The Morgan fingerprint density at radius 3 is 1.00 bits per heavy atom. The number of esters is 2. The maximum Gasteiger partial charge on any atom is 0.330 e. The molecule has 2 aromatic carbocycles. The summed E-state index contributed by atoms with van der Waals surface area (Å²) in [4.78, 5) is 22.0. The van der Waals surface area contributed by atoms with Gasteiger partial charge in [-0.2, -0.15) is 10.2 Å². The standard InChI is InChI=1S/C40H58N2O6/c1-3-39(43)47-33-21-17-13-9-5-7-11-15-19-31-45-37-27-23-35(24-28-37)41-42-36-25-29-38(30-26-36)46-32-20-16-12-8-6-10-14-18-22-34-48-40(44)4-2/h3-4,23-30H,1-2,5-22,31-34H2. The maximum atomic E-state index is 11.0. The van der Waals surface area contributed by atoms with E-state index in [4.69, 9.17) is 18.9 Å². The first-order valence-electron chi connectivity index (χ1n) is 18.1. The highest BCUT2D eigenvalue weighted by Gasteiger charge is 2.00. The van der Waals surface area contributed by atoms with Gasteiger partial charge in [-0.15, -0.1) is 0 Å². The summed E-state index contributed by atoms with van der Waals surface area (Å²) in [7, 11) is 0. The fraction of sp³-hybridized carbons (Fsp3) is 0.550. The van der Waals surface area contributed by atoms with E-state index < -0.39 is 0 Å². The van der Waals surface area contributed by atoms with Crippen molar-refractivity contribution >= 4 is 23.3 Å². The van der Waals surface area contributed by atoms with E-state index in [9.17, 15) is 9.59 Å². The molecule has 8 nitrogen and oxygen atoms in total. The van der Waals surface area contributed by atoms with Crippen LogP contribution in [-0.2, 0) is 19.1 Å². The molecule has 2 aromatic rings. The lowest BCUT2D eigenvalue weighted by Gasteiger charge is -2.07. The summed E-state index contributed by atoms with van der Waals surface area (Å²) < 4.78 is 21.8. The van der Waals surface area contributed by atoms with Crippen molar-refractivity contribution in [1.29, 1.82) is 0 Å². The highest BCUT2D eigenvalue weighted by molar-refractivity contribution is 5.81. The van der Waals surface area contributed by atoms with Crippen LogP contribution < -0.4 is 9.47 Å². The van der Waals surface area contributed by atoms with E-state index in [1.54, 1.807) is 0 Å². The van der Waals surface area contributed by atoms with Gasteiger partial charge in [0, 0.05) is 12.2 Å². The number of ether oxygens (including phenoxy) is 4. The topological polar surface area (TPSA) is 95.8 Å². The SMILES string of the molecule is C=CC(=O)OCCCCCCCCCCCOc1ccc(N=Nc2ccc(OCCCCCCCCCCCOC(=O)C=C)cc2)cc1. The molecule has 48 heavy (non-hydrogen) atoms. The average molecular weight is 663 g/mol. The molecule has 0 heterocycles. The molecule has 0 aliphatic carbocycles. The smallest absolute Gasteiger partial charge is 0.330 e. The van der Waals surface area contributed by atoms with Crippen LogP contribution in [0.15, 0.2) is 84.1 Å². The Balaban J connectivity index is 1.43. The first-order valence-corrected chi connectivity index (χ1v) is 18.1. The Kier molecular flexibility index (Phi) is 23.6. The molecule has 0 aliphatic heterocycles. The zero-order valence-corrected chi connectivity index (χ0v) is 29.1. The quantitative estimate of drug-likeness (QED) is 0.0357. The second-order valence-corrected chi connectivity index (χ2v) is 12.0. The van der Waals surface area contributed by atoms with Crippen molar-refractivity contribution < 1.29 is 28.5 Å². The van der Waals surface area contributed by atoms with Crippen molar-refractivity contribution in [3.63, 3.8) is 0 Å². The van der Waals surface area contributed by atoms with Crippen molar-refractivity contribution in [1.82, 2.24) is 0 Å². The lowest BCUT2D eigenvalue weighted by atomic mass is 10.1. The Bertz CT molecular complexity index is 1070. The minimum atomic E-state index is -0.334. The predicted octanol–water partition coefficient (Wildman–Crippen LogP) is 11.3. The first-order chi connectivity index (χ1) is 23.6. The summed E-state index contributed by atoms with van der Waals surface area (Å²) in [5.74, 6) is 1.04. The molecule has 264 valence electrons. The molecule has 0 fully saturated rings. The van der Waals surface area contributed by atoms with Crippen molar-refractivity contribution in [2.75, 3.05) is 26.4 Å². The van der Waals surface area contributed by atoms with Crippen molar-refractivity contribution in [3.05, 3.63) is 73.8 Å². The molecular formula is C40H58N2O6. The summed E-state index contributed by atoms with van der Waals surface area (Å²) >= 11 is 0. The summed E-state index contributed by atoms with van der Waals surface area (Å²) in [6, 6.07) is 15.5. The lowest BCUT2D eigenvalue weighted by molar-refractivity contribution is -0.138. The number of carbonyl (C=O) groups excluding carboxylic acids is 2. The number of nitrogens with zero attached hydrogens (tertiary/aromatic N) is 2. The van der Waals surface area contributed by atoms with Gasteiger partial charge < -0.3 is 18.9 Å². The molecule has 0 atom stereocenters. The molecule has 0 aliphatic rings. The Morgan fingerprint density at radius 2 is 0.708 bits per heavy atom. The van der Waals surface area contributed by atoms with Crippen LogP contribution in [0.2, 0.25) is 0 Å². The molecule has 0 N–H and O–H groups in total. The molecule has 2 rings (SSSR count). The van der Waals surface area contributed by atoms with Gasteiger partial charge in [0.15, 0.2) is 0 Å². The zero-order chi connectivity index (χ0) is 34.3. The molecular weight excluding hydrogens is 604 g/mol. The van der Waals surface area contributed by atoms with E-state index in [0.29, 0.717) is 13.2 Å². The summed E-state index contributed by atoms with van der Waals surface area (Å²) in [5, 5.41) is 8.71. The monoisotopic (exact) mass is 662 g/mol. The van der Waals surface area contributed by atoms with Gasteiger partial charge in [0.1, 0.15) is 11.5 Å². The third-order valence-corrected chi connectivity index (χ3v) is 7.89. The largest absolute Gasteiger partial charge is 0.494 e. The molecule has 0 bridgehead atoms. The third-order valence-electron chi connectivity index (χ3n) is 7.89. The predicted molar refractivity (Wildman–Crippen MR) is 193 cm³/mol. The van der Waals surface area contributed by atoms with Gasteiger partial charge in [-0.05, 0) is 74.2 Å². The van der Waals surface area contributed by atoms with E-state index in [1.807, 2.05) is 48.5 Å². The number of benzene rings is 2. The highest BCUT2D eigenvalue weighted by Crippen LogP contribution is 2.23. The van der Waals surface area contributed by atoms with E-state index in [2.05, 4.69) is 23.4 Å². The summed E-state index contributed by atoms with van der Waals surface area (Å²) in [6.07, 6.45) is 23.3. The van der Waals surface area contributed by atoms with Crippen LogP contribution in [0.5, 0.6) is 11.5 Å². The van der Waals surface area contributed by atoms with Gasteiger partial charge in [0.05, 0.1) is 37.8 Å². The van der Waals surface area contributed by atoms with Crippen LogP contribution >= 0.6 is 0 Å². The van der Waals surface area contributed by atoms with Crippen molar-refractivity contribution in [2.45, 2.75) is 116 Å². The van der Waals surface area contributed by atoms with Crippen LogP contribution in [0.25, 0.3) is 0 Å². The van der Waals surface area contributed by atoms with Crippen molar-refractivity contribution in [2.24, 2.45) is 10.2 Å². The maximum absolute atomic E-state index is 11.0. The van der Waals surface area contributed by atoms with Gasteiger partial charge >= 0.3 is 11.9 Å². The second kappa shape index (κ2) is 28.1. The number of unbranched alkanes of at least 4 members (excludes halogenated alkanes) is 16. The van der Waals surface area contributed by atoms with Crippen molar-refractivity contribution in [3.8, 4) is 11.5 Å². The van der Waals surface area contributed by atoms with E-state index in [-0.39, 0.29) is 11.9 Å². The normalized spacial score (nSPS) is 10.9. The zero-order valence-electron chi connectivity index (χ0n) is 29.1. The van der Waals surface area contributed by atoms with Crippen LogP contribution in [0.1, 0.15) is 116 Å². The number of hydrogen-bond acceptors (Lipinski definition) is 8. The fourth-order valence-electron chi connectivity index (χ4n) is 5.06. The molecule has 0 aromatic heterocycles. The van der Waals surface area contributed by atoms with E-state index in [1.165, 1.54) is 89.2 Å². The van der Waals surface area contributed by atoms with Gasteiger partial charge in [0.25, 0.3) is 0 Å². The number of rotatable bonds is 30. The molecule has 0 amide bonds. The van der Waals surface area contributed by atoms with Crippen LogP contribution in [0, 0.1) is 0 Å². The highest BCUT2D eigenvalue weighted by atomic mass is 16.5. The van der Waals surface area contributed by atoms with Gasteiger partial charge in [-0.3, -0.25) is 0 Å². The Labute approximate surface area is 289 Å². The van der Waals surface area contributed by atoms with Crippen LogP contribution in [0.4, 0.5) is 11.4 Å². The Hall–Kier alpha value is -3.94. The number of carbonyl (C=O) groups is 2. The number of hydrogen-bond donors (Lipinski definition) is 0. The lowest BCUT2D eigenvalue weighted by Crippen LogP contribution is -2.01. The minimum Gasteiger partial charge on any atom is -0.494 e. The molecule has 0 radical (unpaired) electrons. The Morgan fingerprint density at radius 1 is 0.438 bits per heavy atom. The molecule has 8 heteroatoms. The molecule has 0 spiro atoms. The van der Waals surface area contributed by atoms with Crippen LogP contribution in [-0.4, -0.2) is 38.4 Å². The molecule has 0 unspecified atom stereocenters. The van der Waals surface area contributed by atoms with Gasteiger partial charge in [-0.25, -0.2) is 9.59 Å². The summed E-state index contributed by atoms with van der Waals surface area (Å²) in [6.45, 7) is 9.22. The molecule has 0 saturated carbocycles. The second-order valence-electron chi connectivity index (χ2n) is 12.0. The first kappa shape index (κ1) is 40.2. The third kappa shape index (κ3) is 21.8. The van der Waals surface area contributed by atoms with Gasteiger partial charge in [0.2, 0.25) is 0 Å². The number of azo groups is 1. The summed E-state index contributed by atoms with van der Waals surface area (Å²) in [5.41, 5.74) is 1.57. The van der Waals surface area contributed by atoms with E-state index in [0.717, 1.165) is 74.6 Å². The van der Waals surface area contributed by atoms with E-state index >= 15 is 0 Å². The van der Waals surface area contributed by atoms with Crippen LogP contribution in [0.3, 0.4) is 0 Å². The molecule has 0 saturated heterocycles. The fourth-order valence-corrected chi connectivity index (χ4v) is 5.06.